The van der Waals surface area contributed by atoms with Crippen LogP contribution in [0.25, 0.3) is 0 Å². The van der Waals surface area contributed by atoms with Gasteiger partial charge in [-0.05, 0) is 12.1 Å². The Hall–Kier alpha value is -3.02. The zero-order chi connectivity index (χ0) is 14.0. The van der Waals surface area contributed by atoms with Gasteiger partial charge in [-0.25, -0.2) is 9.97 Å². The average molecular weight is 267 g/mol. The standard InChI is InChI=1S/C11H9N3O.C3H4N2/c15-11(9-4-2-1-3-5-9)14-10-8-12-6-7-13-10;1-2-5-3-4-1/h1-8H,(H,13,14,15);1-3H,(H,4,5). The summed E-state index contributed by atoms with van der Waals surface area (Å²) in [5.41, 5.74) is 0.600. The number of hydrogen-bond donors (Lipinski definition) is 2. The van der Waals surface area contributed by atoms with Gasteiger partial charge in [0.15, 0.2) is 5.82 Å². The predicted molar refractivity (Wildman–Crippen MR) is 75.0 cm³/mol. The summed E-state index contributed by atoms with van der Waals surface area (Å²) in [6.07, 6.45) is 9.67. The Balaban J connectivity index is 0.000000247. The van der Waals surface area contributed by atoms with Crippen molar-refractivity contribution >= 4 is 11.7 Å². The molecule has 0 spiro atoms. The number of benzene rings is 1. The second kappa shape index (κ2) is 7.42. The van der Waals surface area contributed by atoms with Gasteiger partial charge in [0.2, 0.25) is 0 Å². The highest BCUT2D eigenvalue weighted by Gasteiger charge is 2.04. The molecule has 0 saturated heterocycles. The molecule has 0 atom stereocenters. The molecule has 100 valence electrons. The average Bonchev–Trinajstić information content (AvgIpc) is 3.09. The highest BCUT2D eigenvalue weighted by Crippen LogP contribution is 2.03. The van der Waals surface area contributed by atoms with E-state index in [1.807, 2.05) is 18.2 Å². The van der Waals surface area contributed by atoms with Gasteiger partial charge in [-0.3, -0.25) is 9.78 Å². The third-order valence-corrected chi connectivity index (χ3v) is 2.25. The summed E-state index contributed by atoms with van der Waals surface area (Å²) in [5.74, 6) is 0.266. The molecule has 0 aliphatic carbocycles. The number of anilines is 1. The van der Waals surface area contributed by atoms with Crippen LogP contribution in [-0.2, 0) is 0 Å². The Labute approximate surface area is 115 Å². The van der Waals surface area contributed by atoms with Crippen LogP contribution >= 0.6 is 0 Å². The maximum atomic E-state index is 11.6. The van der Waals surface area contributed by atoms with Crippen molar-refractivity contribution in [3.8, 4) is 0 Å². The third-order valence-electron chi connectivity index (χ3n) is 2.25. The van der Waals surface area contributed by atoms with Gasteiger partial charge in [-0.1, -0.05) is 18.2 Å². The topological polar surface area (TPSA) is 83.6 Å². The third kappa shape index (κ3) is 4.34. The molecular formula is C14H13N5O. The second-order valence-corrected chi connectivity index (χ2v) is 3.67. The van der Waals surface area contributed by atoms with E-state index in [4.69, 9.17) is 0 Å². The van der Waals surface area contributed by atoms with E-state index in [0.717, 1.165) is 0 Å². The van der Waals surface area contributed by atoms with Crippen LogP contribution < -0.4 is 5.32 Å². The number of carbonyl (C=O) groups is 1. The molecule has 0 bridgehead atoms. The molecule has 6 heteroatoms. The monoisotopic (exact) mass is 267 g/mol. The molecule has 6 nitrogen and oxygen atoms in total. The summed E-state index contributed by atoms with van der Waals surface area (Å²) in [5, 5.41) is 2.65. The number of hydrogen-bond acceptors (Lipinski definition) is 4. The van der Waals surface area contributed by atoms with Crippen LogP contribution in [0.3, 0.4) is 0 Å². The Kier molecular flexibility index (Phi) is 4.98. The first-order valence-electron chi connectivity index (χ1n) is 5.91. The number of carbonyl (C=O) groups excluding carboxylic acids is 1. The first-order chi connectivity index (χ1) is 9.86. The summed E-state index contributed by atoms with van der Waals surface area (Å²) in [6.45, 7) is 0. The normalized spacial score (nSPS) is 9.20. The van der Waals surface area contributed by atoms with Crippen molar-refractivity contribution in [3.63, 3.8) is 0 Å². The van der Waals surface area contributed by atoms with Gasteiger partial charge in [-0.2, -0.15) is 0 Å². The van der Waals surface area contributed by atoms with E-state index in [0.29, 0.717) is 11.4 Å². The molecule has 0 fully saturated rings. The highest BCUT2D eigenvalue weighted by atomic mass is 16.1. The van der Waals surface area contributed by atoms with Crippen LogP contribution in [0.5, 0.6) is 0 Å². The van der Waals surface area contributed by atoms with Gasteiger partial charge < -0.3 is 10.3 Å². The van der Waals surface area contributed by atoms with E-state index in [1.165, 1.54) is 12.4 Å². The molecule has 0 aliphatic rings. The van der Waals surface area contributed by atoms with Gasteiger partial charge in [0.25, 0.3) is 5.91 Å². The number of nitrogens with one attached hydrogen (secondary N) is 2. The van der Waals surface area contributed by atoms with Crippen LogP contribution in [0, 0.1) is 0 Å². The van der Waals surface area contributed by atoms with Crippen LogP contribution in [0.1, 0.15) is 10.4 Å². The number of aromatic amines is 1. The molecule has 2 N–H and O–H groups in total. The molecular weight excluding hydrogens is 254 g/mol. The second-order valence-electron chi connectivity index (χ2n) is 3.67. The fraction of sp³-hybridized carbons (Fsp3) is 0. The molecule has 0 radical (unpaired) electrons. The van der Waals surface area contributed by atoms with Crippen molar-refractivity contribution in [2.45, 2.75) is 0 Å². The van der Waals surface area contributed by atoms with Crippen molar-refractivity contribution in [2.24, 2.45) is 0 Å². The first kappa shape index (κ1) is 13.4. The van der Waals surface area contributed by atoms with Crippen LogP contribution in [0.2, 0.25) is 0 Å². The Bertz CT molecular complexity index is 593. The fourth-order valence-corrected chi connectivity index (χ4v) is 1.36. The van der Waals surface area contributed by atoms with Crippen LogP contribution in [-0.4, -0.2) is 25.8 Å². The quantitative estimate of drug-likeness (QED) is 0.745. The molecule has 0 saturated carbocycles. The molecule has 3 aromatic rings. The number of H-pyrrole nitrogens is 1. The highest BCUT2D eigenvalue weighted by molar-refractivity contribution is 6.03. The maximum Gasteiger partial charge on any atom is 0.256 e. The molecule has 2 heterocycles. The van der Waals surface area contributed by atoms with E-state index >= 15 is 0 Å². The predicted octanol–water partition coefficient (Wildman–Crippen LogP) is 2.14. The SMILES string of the molecule is O=C(Nc1cnccn1)c1ccccc1.c1c[nH]cn1. The Morgan fingerprint density at radius 2 is 1.90 bits per heavy atom. The summed E-state index contributed by atoms with van der Waals surface area (Å²) in [4.78, 5) is 25.9. The van der Waals surface area contributed by atoms with E-state index in [1.54, 1.807) is 37.1 Å². The maximum absolute atomic E-state index is 11.6. The minimum Gasteiger partial charge on any atom is -0.351 e. The summed E-state index contributed by atoms with van der Waals surface area (Å²) < 4.78 is 0. The van der Waals surface area contributed by atoms with Gasteiger partial charge in [0.1, 0.15) is 0 Å². The summed E-state index contributed by atoms with van der Waals surface area (Å²) in [7, 11) is 0. The number of amides is 1. The van der Waals surface area contributed by atoms with E-state index in [-0.39, 0.29) is 5.91 Å². The minimum absolute atomic E-state index is 0.184. The largest absolute Gasteiger partial charge is 0.351 e. The fourth-order valence-electron chi connectivity index (χ4n) is 1.36. The molecule has 20 heavy (non-hydrogen) atoms. The van der Waals surface area contributed by atoms with Crippen molar-refractivity contribution in [2.75, 3.05) is 5.32 Å². The molecule has 3 rings (SSSR count). The lowest BCUT2D eigenvalue weighted by atomic mass is 10.2. The first-order valence-corrected chi connectivity index (χ1v) is 5.91. The molecule has 1 amide bonds. The van der Waals surface area contributed by atoms with E-state index in [9.17, 15) is 4.79 Å². The van der Waals surface area contributed by atoms with Crippen LogP contribution in [0.4, 0.5) is 5.82 Å². The number of aromatic nitrogens is 4. The molecule has 1 aromatic carbocycles. The zero-order valence-corrected chi connectivity index (χ0v) is 10.6. The smallest absolute Gasteiger partial charge is 0.256 e. The lowest BCUT2D eigenvalue weighted by Gasteiger charge is -2.02. The van der Waals surface area contributed by atoms with Crippen LogP contribution in [0.15, 0.2) is 67.6 Å². The van der Waals surface area contributed by atoms with Crippen molar-refractivity contribution in [3.05, 3.63) is 73.2 Å². The lowest BCUT2D eigenvalue weighted by molar-refractivity contribution is 0.102. The van der Waals surface area contributed by atoms with Gasteiger partial charge in [0, 0.05) is 30.4 Å². The minimum atomic E-state index is -0.184. The Morgan fingerprint density at radius 1 is 1.05 bits per heavy atom. The van der Waals surface area contributed by atoms with Crippen molar-refractivity contribution < 1.29 is 4.79 Å². The van der Waals surface area contributed by atoms with Gasteiger partial charge in [0.05, 0.1) is 12.5 Å². The number of rotatable bonds is 2. The molecule has 0 aliphatic heterocycles. The molecule has 2 aromatic heterocycles. The zero-order valence-electron chi connectivity index (χ0n) is 10.6. The number of imidazole rings is 1. The summed E-state index contributed by atoms with van der Waals surface area (Å²) >= 11 is 0. The molecule has 0 unspecified atom stereocenters. The number of nitrogens with zero attached hydrogens (tertiary/aromatic N) is 3. The van der Waals surface area contributed by atoms with E-state index in [2.05, 4.69) is 25.3 Å². The van der Waals surface area contributed by atoms with E-state index < -0.39 is 0 Å². The summed E-state index contributed by atoms with van der Waals surface area (Å²) in [6, 6.07) is 8.97. The van der Waals surface area contributed by atoms with Crippen molar-refractivity contribution in [1.82, 2.24) is 19.9 Å². The Morgan fingerprint density at radius 3 is 2.45 bits per heavy atom. The van der Waals surface area contributed by atoms with Crippen molar-refractivity contribution in [1.29, 1.82) is 0 Å². The van der Waals surface area contributed by atoms with Gasteiger partial charge >= 0.3 is 0 Å². The van der Waals surface area contributed by atoms with Gasteiger partial charge in [-0.15, -0.1) is 0 Å². The lowest BCUT2D eigenvalue weighted by Crippen LogP contribution is -2.12.